The fraction of sp³-hybridized carbons (Fsp3) is 0.238. The summed E-state index contributed by atoms with van der Waals surface area (Å²) in [5.41, 5.74) is 8.59. The van der Waals surface area contributed by atoms with Crippen LogP contribution in [0.3, 0.4) is 0 Å². The van der Waals surface area contributed by atoms with Crippen LogP contribution in [0.4, 0.5) is 11.6 Å². The summed E-state index contributed by atoms with van der Waals surface area (Å²) >= 11 is 0. The van der Waals surface area contributed by atoms with Crippen molar-refractivity contribution in [2.45, 2.75) is 19.4 Å². The number of fused-ring (bicyclic) bond motifs is 3. The Hall–Kier alpha value is -3.86. The molecule has 8 nitrogen and oxygen atoms in total. The van der Waals surface area contributed by atoms with Gasteiger partial charge in [-0.15, -0.1) is 10.2 Å². The number of nitrogens with two attached hydrogens (primary N) is 1. The quantitative estimate of drug-likeness (QED) is 0.542. The lowest BCUT2D eigenvalue weighted by molar-refractivity contribution is 0.765. The van der Waals surface area contributed by atoms with Crippen molar-refractivity contribution in [3.8, 4) is 6.07 Å². The van der Waals surface area contributed by atoms with Gasteiger partial charge in [-0.2, -0.15) is 5.26 Å². The van der Waals surface area contributed by atoms with Crippen molar-refractivity contribution in [3.63, 3.8) is 0 Å². The molecule has 0 spiro atoms. The van der Waals surface area contributed by atoms with Gasteiger partial charge in [0.05, 0.1) is 29.1 Å². The van der Waals surface area contributed by atoms with Crippen molar-refractivity contribution in [1.82, 2.24) is 19.2 Å². The second-order valence-electron chi connectivity index (χ2n) is 7.31. The van der Waals surface area contributed by atoms with Crippen LogP contribution in [0.1, 0.15) is 24.0 Å². The summed E-state index contributed by atoms with van der Waals surface area (Å²) in [5, 5.41) is 18.3. The lowest BCUT2D eigenvalue weighted by atomic mass is 10.1. The Labute approximate surface area is 166 Å². The first kappa shape index (κ1) is 17.3. The monoisotopic (exact) mass is 385 g/mol. The molecule has 0 saturated carbocycles. The smallest absolute Gasteiger partial charge is 0.263 e. The molecule has 2 N–H and O–H groups in total. The predicted octanol–water partition coefficient (Wildman–Crippen LogP) is 2.15. The first-order valence-corrected chi connectivity index (χ1v) is 9.57. The van der Waals surface area contributed by atoms with Crippen LogP contribution in [-0.4, -0.2) is 32.3 Å². The van der Waals surface area contributed by atoms with E-state index in [2.05, 4.69) is 21.2 Å². The van der Waals surface area contributed by atoms with Gasteiger partial charge in [-0.3, -0.25) is 9.36 Å². The van der Waals surface area contributed by atoms with Crippen molar-refractivity contribution >= 4 is 28.3 Å². The molecule has 0 unspecified atom stereocenters. The van der Waals surface area contributed by atoms with E-state index in [1.54, 1.807) is 28.8 Å². The van der Waals surface area contributed by atoms with E-state index in [0.29, 0.717) is 29.0 Å². The highest BCUT2D eigenvalue weighted by Gasteiger charge is 2.22. The maximum Gasteiger partial charge on any atom is 0.263 e. The van der Waals surface area contributed by atoms with Crippen molar-refractivity contribution in [3.05, 3.63) is 63.9 Å². The summed E-state index contributed by atoms with van der Waals surface area (Å²) < 4.78 is 3.57. The normalized spacial score (nSPS) is 14.0. The fourth-order valence-corrected chi connectivity index (χ4v) is 3.95. The summed E-state index contributed by atoms with van der Waals surface area (Å²) in [6, 6.07) is 14.7. The van der Waals surface area contributed by atoms with Gasteiger partial charge in [0.15, 0.2) is 0 Å². The molecule has 0 radical (unpaired) electrons. The van der Waals surface area contributed by atoms with Crippen LogP contribution in [0, 0.1) is 11.3 Å². The molecule has 1 fully saturated rings. The van der Waals surface area contributed by atoms with Gasteiger partial charge in [-0.1, -0.05) is 12.1 Å². The SMILES string of the molecule is N#Cc1ccc(Cn2c(=O)c3cc(N)ccc3n3c(N4CCCC4)nnc23)cc1. The van der Waals surface area contributed by atoms with Gasteiger partial charge < -0.3 is 10.6 Å². The topological polar surface area (TPSA) is 105 Å². The Balaban J connectivity index is 1.76. The van der Waals surface area contributed by atoms with Crippen molar-refractivity contribution in [2.24, 2.45) is 0 Å². The molecule has 8 heteroatoms. The third-order valence-corrected chi connectivity index (χ3v) is 5.42. The van der Waals surface area contributed by atoms with Crippen LogP contribution in [0.5, 0.6) is 0 Å². The third kappa shape index (κ3) is 2.79. The van der Waals surface area contributed by atoms with E-state index < -0.39 is 0 Å². The maximum absolute atomic E-state index is 13.3. The van der Waals surface area contributed by atoms with Gasteiger partial charge in [-0.25, -0.2) is 4.40 Å². The predicted molar refractivity (Wildman–Crippen MR) is 111 cm³/mol. The summed E-state index contributed by atoms with van der Waals surface area (Å²) in [7, 11) is 0. The van der Waals surface area contributed by atoms with E-state index in [9.17, 15) is 4.79 Å². The summed E-state index contributed by atoms with van der Waals surface area (Å²) in [6.07, 6.45) is 2.23. The second-order valence-corrected chi connectivity index (χ2v) is 7.31. The Morgan fingerprint density at radius 1 is 1.07 bits per heavy atom. The van der Waals surface area contributed by atoms with Gasteiger partial charge >= 0.3 is 0 Å². The lowest BCUT2D eigenvalue weighted by Gasteiger charge is -2.17. The lowest BCUT2D eigenvalue weighted by Crippen LogP contribution is -2.26. The third-order valence-electron chi connectivity index (χ3n) is 5.42. The maximum atomic E-state index is 13.3. The van der Waals surface area contributed by atoms with E-state index in [4.69, 9.17) is 11.0 Å². The molecule has 1 aliphatic rings. The molecule has 2 aromatic carbocycles. The molecule has 2 aromatic heterocycles. The van der Waals surface area contributed by atoms with Gasteiger partial charge in [0.1, 0.15) is 0 Å². The molecule has 0 amide bonds. The van der Waals surface area contributed by atoms with E-state index in [1.807, 2.05) is 22.6 Å². The zero-order valence-electron chi connectivity index (χ0n) is 15.7. The Morgan fingerprint density at radius 2 is 1.83 bits per heavy atom. The number of benzene rings is 2. The molecule has 0 atom stereocenters. The van der Waals surface area contributed by atoms with Crippen LogP contribution in [-0.2, 0) is 6.54 Å². The van der Waals surface area contributed by atoms with Crippen LogP contribution in [0.15, 0.2) is 47.3 Å². The highest BCUT2D eigenvalue weighted by molar-refractivity contribution is 5.84. The highest BCUT2D eigenvalue weighted by Crippen LogP contribution is 2.24. The molecule has 3 heterocycles. The number of rotatable bonds is 3. The molecule has 5 rings (SSSR count). The van der Waals surface area contributed by atoms with Gasteiger partial charge in [-0.05, 0) is 48.7 Å². The molecule has 1 saturated heterocycles. The fourth-order valence-electron chi connectivity index (χ4n) is 3.95. The van der Waals surface area contributed by atoms with Crippen LogP contribution < -0.4 is 16.2 Å². The largest absolute Gasteiger partial charge is 0.399 e. The number of anilines is 2. The number of nitrogens with zero attached hydrogens (tertiary/aromatic N) is 6. The number of aromatic nitrogens is 4. The van der Waals surface area contributed by atoms with E-state index in [-0.39, 0.29) is 5.56 Å². The summed E-state index contributed by atoms with van der Waals surface area (Å²) in [6.45, 7) is 2.18. The van der Waals surface area contributed by atoms with Gasteiger partial charge in [0.2, 0.25) is 11.7 Å². The molecular formula is C21H19N7O. The van der Waals surface area contributed by atoms with Crippen LogP contribution in [0.2, 0.25) is 0 Å². The number of hydrogen-bond donors (Lipinski definition) is 1. The van der Waals surface area contributed by atoms with Gasteiger partial charge in [0.25, 0.3) is 5.56 Å². The molecule has 0 bridgehead atoms. The Bertz CT molecular complexity index is 1320. The number of nitrogen functional groups attached to an aromatic ring is 1. The minimum atomic E-state index is -0.162. The van der Waals surface area contributed by atoms with Crippen molar-refractivity contribution in [1.29, 1.82) is 5.26 Å². The minimum Gasteiger partial charge on any atom is -0.399 e. The highest BCUT2D eigenvalue weighted by atomic mass is 16.1. The Morgan fingerprint density at radius 3 is 2.55 bits per heavy atom. The average Bonchev–Trinajstić information content (AvgIpc) is 3.41. The molecule has 0 aliphatic carbocycles. The number of hydrogen-bond acceptors (Lipinski definition) is 6. The first-order valence-electron chi connectivity index (χ1n) is 9.57. The molecular weight excluding hydrogens is 366 g/mol. The van der Waals surface area contributed by atoms with E-state index in [0.717, 1.165) is 43.0 Å². The second kappa shape index (κ2) is 6.63. The first-order chi connectivity index (χ1) is 14.2. The van der Waals surface area contributed by atoms with E-state index >= 15 is 0 Å². The van der Waals surface area contributed by atoms with Crippen LogP contribution >= 0.6 is 0 Å². The zero-order valence-corrected chi connectivity index (χ0v) is 15.7. The van der Waals surface area contributed by atoms with Gasteiger partial charge in [0, 0.05) is 18.8 Å². The molecule has 1 aliphatic heterocycles. The molecule has 144 valence electrons. The molecule has 4 aromatic rings. The molecule has 29 heavy (non-hydrogen) atoms. The average molecular weight is 385 g/mol. The zero-order chi connectivity index (χ0) is 20.0. The summed E-state index contributed by atoms with van der Waals surface area (Å²) in [5.74, 6) is 1.25. The minimum absolute atomic E-state index is 0.162. The Kier molecular flexibility index (Phi) is 3.95. The van der Waals surface area contributed by atoms with E-state index in [1.165, 1.54) is 0 Å². The van der Waals surface area contributed by atoms with Crippen LogP contribution in [0.25, 0.3) is 16.7 Å². The van der Waals surface area contributed by atoms with Crippen molar-refractivity contribution < 1.29 is 0 Å². The van der Waals surface area contributed by atoms with Crippen molar-refractivity contribution in [2.75, 3.05) is 23.7 Å². The number of nitriles is 1. The summed E-state index contributed by atoms with van der Waals surface area (Å²) in [4.78, 5) is 15.5. The standard InChI is InChI=1S/C21H19N7O/c22-12-14-3-5-15(6-4-14)13-27-19(29)17-11-16(23)7-8-18(17)28-20(24-25-21(27)28)26-9-1-2-10-26/h3-8,11H,1-2,9-10,13,23H2.